The zero-order chi connectivity index (χ0) is 22.6. The van der Waals surface area contributed by atoms with Crippen LogP contribution in [0.25, 0.3) is 5.69 Å². The highest BCUT2D eigenvalue weighted by Crippen LogP contribution is 2.29. The van der Waals surface area contributed by atoms with Crippen molar-refractivity contribution < 1.29 is 23.4 Å². The van der Waals surface area contributed by atoms with Crippen LogP contribution in [0.2, 0.25) is 0 Å². The van der Waals surface area contributed by atoms with Gasteiger partial charge in [0.05, 0.1) is 13.2 Å². The molecule has 162 valence electrons. The van der Waals surface area contributed by atoms with Crippen molar-refractivity contribution in [2.24, 2.45) is 0 Å². The second-order valence-electron chi connectivity index (χ2n) is 6.82. The molecule has 0 aliphatic carbocycles. The standard InChI is InChI=1S/C22H21F2N3O4/c1-14(15-6-5-7-16(12-15)22(23,24)13-28)25-21(30)17-10-11-20(29)27(26-17)18-8-3-4-9-19(18)31-2/h3-12,14,28H,13H2,1-2H3,(H,25,30)/t14-/m1/s1. The smallest absolute Gasteiger partial charge is 0.295 e. The van der Waals surface area contributed by atoms with Gasteiger partial charge in [-0.05, 0) is 36.8 Å². The van der Waals surface area contributed by atoms with Gasteiger partial charge >= 0.3 is 0 Å². The monoisotopic (exact) mass is 429 g/mol. The first-order chi connectivity index (χ1) is 14.8. The number of aromatic nitrogens is 2. The summed E-state index contributed by atoms with van der Waals surface area (Å²) in [5.41, 5.74) is -0.0349. The van der Waals surface area contributed by atoms with Crippen LogP contribution in [0.3, 0.4) is 0 Å². The van der Waals surface area contributed by atoms with Gasteiger partial charge in [-0.15, -0.1) is 0 Å². The second kappa shape index (κ2) is 9.05. The lowest BCUT2D eigenvalue weighted by Gasteiger charge is -2.18. The van der Waals surface area contributed by atoms with Gasteiger partial charge in [0.15, 0.2) is 0 Å². The van der Waals surface area contributed by atoms with Gasteiger partial charge in [0.1, 0.15) is 23.7 Å². The zero-order valence-electron chi connectivity index (χ0n) is 16.9. The lowest BCUT2D eigenvalue weighted by atomic mass is 10.0. The van der Waals surface area contributed by atoms with Crippen molar-refractivity contribution in [3.63, 3.8) is 0 Å². The molecule has 7 nitrogen and oxygen atoms in total. The fraction of sp³-hybridized carbons (Fsp3) is 0.227. The molecule has 0 unspecified atom stereocenters. The maximum atomic E-state index is 13.8. The number of benzene rings is 2. The number of ether oxygens (including phenoxy) is 1. The number of hydrogen-bond donors (Lipinski definition) is 2. The Kier molecular flexibility index (Phi) is 6.45. The Morgan fingerprint density at radius 2 is 1.94 bits per heavy atom. The Bertz CT molecular complexity index is 1150. The lowest BCUT2D eigenvalue weighted by molar-refractivity contribution is -0.0556. The van der Waals surface area contributed by atoms with E-state index in [0.717, 1.165) is 4.68 Å². The predicted octanol–water partition coefficient (Wildman–Crippen LogP) is 2.82. The third-order valence-electron chi connectivity index (χ3n) is 4.70. The third kappa shape index (κ3) is 4.77. The van der Waals surface area contributed by atoms with E-state index in [1.165, 1.54) is 37.4 Å². The summed E-state index contributed by atoms with van der Waals surface area (Å²) >= 11 is 0. The van der Waals surface area contributed by atoms with Gasteiger partial charge in [0.2, 0.25) is 0 Å². The van der Waals surface area contributed by atoms with Crippen LogP contribution in [-0.4, -0.2) is 34.5 Å². The number of nitrogens with one attached hydrogen (secondary N) is 1. The topological polar surface area (TPSA) is 93.5 Å². The van der Waals surface area contributed by atoms with Gasteiger partial charge in [-0.1, -0.05) is 30.3 Å². The average molecular weight is 429 g/mol. The number of rotatable bonds is 7. The number of aliphatic hydroxyl groups is 1. The van der Waals surface area contributed by atoms with Gasteiger partial charge in [-0.3, -0.25) is 9.59 Å². The van der Waals surface area contributed by atoms with Crippen LogP contribution in [0.4, 0.5) is 8.78 Å². The molecule has 31 heavy (non-hydrogen) atoms. The summed E-state index contributed by atoms with van der Waals surface area (Å²) in [6.07, 6.45) is 0. The number of amides is 1. The number of halogens is 2. The highest BCUT2D eigenvalue weighted by molar-refractivity contribution is 5.92. The Balaban J connectivity index is 1.86. The number of methoxy groups -OCH3 is 1. The summed E-state index contributed by atoms with van der Waals surface area (Å²) in [6, 6.07) is 14.0. The number of nitrogens with zero attached hydrogens (tertiary/aromatic N) is 2. The highest BCUT2D eigenvalue weighted by Gasteiger charge is 2.31. The molecule has 0 saturated heterocycles. The van der Waals surface area contributed by atoms with Crippen LogP contribution in [0.5, 0.6) is 5.75 Å². The van der Waals surface area contributed by atoms with Crippen molar-refractivity contribution >= 4 is 5.91 Å². The van der Waals surface area contributed by atoms with Crippen molar-refractivity contribution in [1.82, 2.24) is 15.1 Å². The van der Waals surface area contributed by atoms with Crippen molar-refractivity contribution in [3.05, 3.63) is 87.8 Å². The molecular weight excluding hydrogens is 408 g/mol. The summed E-state index contributed by atoms with van der Waals surface area (Å²) in [4.78, 5) is 25.0. The van der Waals surface area contributed by atoms with Crippen LogP contribution < -0.4 is 15.6 Å². The maximum Gasteiger partial charge on any atom is 0.295 e. The number of para-hydroxylation sites is 2. The number of hydrogen-bond acceptors (Lipinski definition) is 5. The van der Waals surface area contributed by atoms with E-state index in [9.17, 15) is 18.4 Å². The molecule has 0 fully saturated rings. The highest BCUT2D eigenvalue weighted by atomic mass is 19.3. The molecule has 3 rings (SSSR count). The molecule has 0 saturated carbocycles. The minimum atomic E-state index is -3.38. The quantitative estimate of drug-likeness (QED) is 0.603. The van der Waals surface area contributed by atoms with E-state index in [4.69, 9.17) is 9.84 Å². The van der Waals surface area contributed by atoms with E-state index in [1.54, 1.807) is 37.3 Å². The molecule has 0 spiro atoms. The molecule has 1 atom stereocenters. The van der Waals surface area contributed by atoms with Crippen LogP contribution in [0.15, 0.2) is 65.5 Å². The first-order valence-corrected chi connectivity index (χ1v) is 9.40. The van der Waals surface area contributed by atoms with E-state index in [2.05, 4.69) is 10.4 Å². The van der Waals surface area contributed by atoms with E-state index >= 15 is 0 Å². The molecule has 2 aromatic carbocycles. The Labute approximate surface area is 176 Å². The molecule has 3 aromatic rings. The van der Waals surface area contributed by atoms with E-state index in [0.29, 0.717) is 17.0 Å². The van der Waals surface area contributed by atoms with E-state index in [1.807, 2.05) is 0 Å². The van der Waals surface area contributed by atoms with Gasteiger partial charge in [-0.25, -0.2) is 0 Å². The van der Waals surface area contributed by atoms with Gasteiger partial charge in [-0.2, -0.15) is 18.6 Å². The minimum absolute atomic E-state index is 0.0331. The van der Waals surface area contributed by atoms with Crippen LogP contribution >= 0.6 is 0 Å². The zero-order valence-corrected chi connectivity index (χ0v) is 16.9. The lowest BCUT2D eigenvalue weighted by Crippen LogP contribution is -2.31. The Morgan fingerprint density at radius 1 is 1.19 bits per heavy atom. The van der Waals surface area contributed by atoms with Crippen molar-refractivity contribution in [1.29, 1.82) is 0 Å². The summed E-state index contributed by atoms with van der Waals surface area (Å²) in [5, 5.41) is 15.7. The summed E-state index contributed by atoms with van der Waals surface area (Å²) in [6.45, 7) is 0.315. The molecule has 2 N–H and O–H groups in total. The maximum absolute atomic E-state index is 13.8. The largest absolute Gasteiger partial charge is 0.494 e. The fourth-order valence-corrected chi connectivity index (χ4v) is 2.99. The molecule has 1 aromatic heterocycles. The average Bonchev–Trinajstić information content (AvgIpc) is 2.79. The van der Waals surface area contributed by atoms with E-state index in [-0.39, 0.29) is 11.3 Å². The molecule has 0 bridgehead atoms. The van der Waals surface area contributed by atoms with Gasteiger partial charge < -0.3 is 15.2 Å². The first-order valence-electron chi connectivity index (χ1n) is 9.40. The summed E-state index contributed by atoms with van der Waals surface area (Å²) in [7, 11) is 1.45. The van der Waals surface area contributed by atoms with Gasteiger partial charge in [0, 0.05) is 11.6 Å². The molecule has 0 aliphatic heterocycles. The van der Waals surface area contributed by atoms with Crippen molar-refractivity contribution in [2.75, 3.05) is 13.7 Å². The molecule has 1 amide bonds. The third-order valence-corrected chi connectivity index (χ3v) is 4.70. The molecule has 1 heterocycles. The van der Waals surface area contributed by atoms with Crippen LogP contribution in [0.1, 0.15) is 34.6 Å². The predicted molar refractivity (Wildman–Crippen MR) is 110 cm³/mol. The Morgan fingerprint density at radius 3 is 2.65 bits per heavy atom. The normalized spacial score (nSPS) is 12.3. The van der Waals surface area contributed by atoms with Crippen LogP contribution in [0, 0.1) is 0 Å². The SMILES string of the molecule is COc1ccccc1-n1nc(C(=O)N[C@H](C)c2cccc(C(F)(F)CO)c2)ccc1=O. The number of alkyl halides is 2. The van der Waals surface area contributed by atoms with Crippen molar-refractivity contribution in [3.8, 4) is 11.4 Å². The molecule has 0 aliphatic rings. The van der Waals surface area contributed by atoms with Crippen molar-refractivity contribution in [2.45, 2.75) is 18.9 Å². The molecular formula is C22H21F2N3O4. The Hall–Kier alpha value is -3.59. The van der Waals surface area contributed by atoms with E-state index < -0.39 is 30.0 Å². The fourth-order valence-electron chi connectivity index (χ4n) is 2.99. The van der Waals surface area contributed by atoms with Crippen LogP contribution in [-0.2, 0) is 5.92 Å². The minimum Gasteiger partial charge on any atom is -0.494 e. The molecule has 9 heteroatoms. The first kappa shape index (κ1) is 22.1. The number of carbonyl (C=O) groups excluding carboxylic acids is 1. The number of aliphatic hydroxyl groups excluding tert-OH is 1. The van der Waals surface area contributed by atoms with Gasteiger partial charge in [0.25, 0.3) is 17.4 Å². The number of carbonyl (C=O) groups is 1. The molecule has 0 radical (unpaired) electrons. The summed E-state index contributed by atoms with van der Waals surface area (Å²) < 4.78 is 33.8. The second-order valence-corrected chi connectivity index (χ2v) is 6.82. The summed E-state index contributed by atoms with van der Waals surface area (Å²) in [5.74, 6) is -3.56.